The van der Waals surface area contributed by atoms with Crippen LogP contribution in [-0.2, 0) is 11.8 Å². The van der Waals surface area contributed by atoms with E-state index < -0.39 is 0 Å². The first-order valence-corrected chi connectivity index (χ1v) is 11.8. The molecule has 7 heteroatoms. The molecule has 1 fully saturated rings. The molecule has 6 nitrogen and oxygen atoms in total. The number of ether oxygens (including phenoxy) is 2. The van der Waals surface area contributed by atoms with Crippen molar-refractivity contribution in [3.8, 4) is 17.0 Å². The predicted octanol–water partition coefficient (Wildman–Crippen LogP) is 4.38. The Labute approximate surface area is 187 Å². The summed E-state index contributed by atoms with van der Waals surface area (Å²) in [7, 11) is 3.49. The van der Waals surface area contributed by atoms with Crippen LogP contribution in [0.3, 0.4) is 0 Å². The molecule has 0 saturated heterocycles. The molecular formula is C24H29N3O3S. The summed E-state index contributed by atoms with van der Waals surface area (Å²) in [6.07, 6.45) is 12.1. The fourth-order valence-electron chi connectivity index (χ4n) is 4.21. The van der Waals surface area contributed by atoms with Gasteiger partial charge in [-0.2, -0.15) is 4.98 Å². The van der Waals surface area contributed by atoms with Gasteiger partial charge in [0.15, 0.2) is 0 Å². The summed E-state index contributed by atoms with van der Waals surface area (Å²) in [5.74, 6) is 3.73. The lowest BCUT2D eigenvalue weighted by Crippen LogP contribution is -2.16. The largest absolute Gasteiger partial charge is 0.501 e. The molecular weight excluding hydrogens is 410 g/mol. The smallest absolute Gasteiger partial charge is 0.250 e. The molecule has 0 N–H and O–H groups in total. The van der Waals surface area contributed by atoms with E-state index in [-0.39, 0.29) is 5.56 Å². The third-order valence-electron chi connectivity index (χ3n) is 6.13. The Balaban J connectivity index is 1.52. The monoisotopic (exact) mass is 439 g/mol. The lowest BCUT2D eigenvalue weighted by atomic mass is 9.91. The van der Waals surface area contributed by atoms with Gasteiger partial charge < -0.3 is 14.0 Å². The van der Waals surface area contributed by atoms with E-state index in [4.69, 9.17) is 9.47 Å². The minimum atomic E-state index is -0.0663. The Morgan fingerprint density at radius 1 is 1.29 bits per heavy atom. The molecule has 2 aromatic heterocycles. The highest BCUT2D eigenvalue weighted by atomic mass is 32.2. The molecule has 0 spiro atoms. The molecule has 0 aliphatic heterocycles. The number of pyridine rings is 1. The lowest BCUT2D eigenvalue weighted by Gasteiger charge is -2.20. The summed E-state index contributed by atoms with van der Waals surface area (Å²) in [6, 6.07) is 1.64. The maximum atomic E-state index is 12.3. The number of hydrogen-bond donors (Lipinski definition) is 0. The molecule has 0 amide bonds. The van der Waals surface area contributed by atoms with E-state index in [1.807, 2.05) is 19.4 Å². The minimum absolute atomic E-state index is 0.0663. The maximum Gasteiger partial charge on any atom is 0.250 e. The molecule has 0 aromatic carbocycles. The number of aromatic nitrogens is 3. The van der Waals surface area contributed by atoms with Crippen LogP contribution in [0.15, 0.2) is 51.6 Å². The van der Waals surface area contributed by atoms with E-state index >= 15 is 0 Å². The van der Waals surface area contributed by atoms with Crippen molar-refractivity contribution in [2.75, 3.05) is 20.0 Å². The number of allylic oxidation sites excluding steroid dienone is 4. The summed E-state index contributed by atoms with van der Waals surface area (Å²) in [6.45, 7) is 4.67. The molecule has 0 radical (unpaired) electrons. The summed E-state index contributed by atoms with van der Waals surface area (Å²) < 4.78 is 13.2. The van der Waals surface area contributed by atoms with Gasteiger partial charge in [0.1, 0.15) is 5.82 Å². The predicted molar refractivity (Wildman–Crippen MR) is 123 cm³/mol. The minimum Gasteiger partial charge on any atom is -0.501 e. The van der Waals surface area contributed by atoms with Gasteiger partial charge >= 0.3 is 0 Å². The van der Waals surface area contributed by atoms with Gasteiger partial charge in [0.25, 0.3) is 5.56 Å². The van der Waals surface area contributed by atoms with Crippen molar-refractivity contribution >= 4 is 11.8 Å². The molecule has 2 aliphatic carbocycles. The number of rotatable bonds is 7. The second-order valence-corrected chi connectivity index (χ2v) is 9.22. The number of thioether (sulfide) groups is 1. The average molecular weight is 440 g/mol. The Bertz CT molecular complexity index is 1110. The Morgan fingerprint density at radius 2 is 2.10 bits per heavy atom. The molecule has 2 aliphatic rings. The normalized spacial score (nSPS) is 22.5. The summed E-state index contributed by atoms with van der Waals surface area (Å²) in [5, 5.41) is 0. The summed E-state index contributed by atoms with van der Waals surface area (Å²) in [4.78, 5) is 22.2. The fourth-order valence-corrected chi connectivity index (χ4v) is 4.87. The zero-order valence-corrected chi connectivity index (χ0v) is 19.5. The zero-order chi connectivity index (χ0) is 22.1. The highest BCUT2D eigenvalue weighted by Crippen LogP contribution is 2.48. The van der Waals surface area contributed by atoms with Crippen molar-refractivity contribution in [2.45, 2.75) is 31.6 Å². The van der Waals surface area contributed by atoms with Gasteiger partial charge in [0, 0.05) is 47.8 Å². The number of hydrogen-bond acceptors (Lipinski definition) is 6. The van der Waals surface area contributed by atoms with Crippen LogP contribution in [0.1, 0.15) is 25.6 Å². The molecule has 3 unspecified atom stereocenters. The third kappa shape index (κ3) is 4.56. The van der Waals surface area contributed by atoms with Crippen LogP contribution in [0.5, 0.6) is 5.88 Å². The van der Waals surface area contributed by atoms with Crippen LogP contribution in [0.25, 0.3) is 11.1 Å². The second-order valence-electron chi connectivity index (χ2n) is 8.37. The third-order valence-corrected chi connectivity index (χ3v) is 6.90. The molecule has 4 rings (SSSR count). The van der Waals surface area contributed by atoms with Gasteiger partial charge in [-0.15, -0.1) is 11.8 Å². The SMILES string of the molecule is COC1=CC=C(C2CC2COc2nc(C)ncc2-c2cc(=O)n(C)cc2SC)CC1C. The first-order chi connectivity index (χ1) is 14.9. The van der Waals surface area contributed by atoms with Gasteiger partial charge in [-0.25, -0.2) is 4.98 Å². The maximum absolute atomic E-state index is 12.3. The fraction of sp³-hybridized carbons (Fsp3) is 0.458. The van der Waals surface area contributed by atoms with Crippen LogP contribution in [-0.4, -0.2) is 34.5 Å². The Morgan fingerprint density at radius 3 is 2.81 bits per heavy atom. The Hall–Kier alpha value is -2.54. The Kier molecular flexibility index (Phi) is 6.23. The highest BCUT2D eigenvalue weighted by Gasteiger charge is 2.41. The first kappa shape index (κ1) is 21.7. The van der Waals surface area contributed by atoms with Crippen molar-refractivity contribution in [1.82, 2.24) is 14.5 Å². The van der Waals surface area contributed by atoms with Crippen molar-refractivity contribution in [2.24, 2.45) is 24.8 Å². The zero-order valence-electron chi connectivity index (χ0n) is 18.7. The van der Waals surface area contributed by atoms with Crippen LogP contribution in [0.4, 0.5) is 0 Å². The van der Waals surface area contributed by atoms with Crippen molar-refractivity contribution in [3.63, 3.8) is 0 Å². The van der Waals surface area contributed by atoms with E-state index in [2.05, 4.69) is 29.0 Å². The molecule has 1 saturated carbocycles. The number of nitrogens with zero attached hydrogens (tertiary/aromatic N) is 3. The first-order valence-electron chi connectivity index (χ1n) is 10.6. The van der Waals surface area contributed by atoms with Gasteiger partial charge in [0.05, 0.1) is 25.0 Å². The molecule has 2 aromatic rings. The summed E-state index contributed by atoms with van der Waals surface area (Å²) in [5.41, 5.74) is 3.00. The molecule has 2 heterocycles. The van der Waals surface area contributed by atoms with Crippen molar-refractivity contribution < 1.29 is 9.47 Å². The average Bonchev–Trinajstić information content (AvgIpc) is 3.54. The van der Waals surface area contributed by atoms with E-state index in [1.54, 1.807) is 42.7 Å². The molecule has 31 heavy (non-hydrogen) atoms. The number of methoxy groups -OCH3 is 1. The topological polar surface area (TPSA) is 66.2 Å². The van der Waals surface area contributed by atoms with E-state index in [0.29, 0.717) is 36.1 Å². The van der Waals surface area contributed by atoms with Crippen LogP contribution in [0.2, 0.25) is 0 Å². The van der Waals surface area contributed by atoms with Gasteiger partial charge in [-0.1, -0.05) is 18.6 Å². The van der Waals surface area contributed by atoms with E-state index in [1.165, 1.54) is 5.57 Å². The highest BCUT2D eigenvalue weighted by molar-refractivity contribution is 7.98. The van der Waals surface area contributed by atoms with Crippen LogP contribution < -0.4 is 10.3 Å². The summed E-state index contributed by atoms with van der Waals surface area (Å²) >= 11 is 1.59. The second kappa shape index (κ2) is 8.91. The van der Waals surface area contributed by atoms with Crippen molar-refractivity contribution in [1.29, 1.82) is 0 Å². The van der Waals surface area contributed by atoms with Gasteiger partial charge in [-0.3, -0.25) is 4.79 Å². The van der Waals surface area contributed by atoms with Crippen molar-refractivity contribution in [3.05, 3.63) is 58.1 Å². The molecule has 0 bridgehead atoms. The van der Waals surface area contributed by atoms with Crippen LogP contribution >= 0.6 is 11.8 Å². The molecule has 3 atom stereocenters. The van der Waals surface area contributed by atoms with Gasteiger partial charge in [0.2, 0.25) is 5.88 Å². The van der Waals surface area contributed by atoms with Gasteiger partial charge in [-0.05, 0) is 38.0 Å². The van der Waals surface area contributed by atoms with E-state index in [0.717, 1.165) is 34.6 Å². The van der Waals surface area contributed by atoms with E-state index in [9.17, 15) is 4.79 Å². The standard InChI is InChI=1S/C24H29N3O3S/c1-14-8-16(6-7-21(14)29-4)18-9-17(18)13-30-24-20(11-25-15(2)26-24)19-10-23(28)27(3)12-22(19)31-5/h6-7,10-12,14,17-18H,8-9,13H2,1-5H3. The number of aryl methyl sites for hydroxylation is 2. The quantitative estimate of drug-likeness (QED) is 0.597. The lowest BCUT2D eigenvalue weighted by molar-refractivity contribution is 0.242. The van der Waals surface area contributed by atoms with Crippen LogP contribution in [0, 0.1) is 24.7 Å². The molecule has 164 valence electrons.